The monoisotopic (exact) mass is 236 g/mol. The molecular formula is C12H13FN2O2. The number of aliphatic hydroxyl groups excluding tert-OH is 1. The van der Waals surface area contributed by atoms with Crippen LogP contribution < -0.4 is 5.73 Å². The lowest BCUT2D eigenvalue weighted by Crippen LogP contribution is -2.06. The van der Waals surface area contributed by atoms with Gasteiger partial charge in [0, 0.05) is 5.56 Å². The van der Waals surface area contributed by atoms with Crippen molar-refractivity contribution in [3.63, 3.8) is 0 Å². The van der Waals surface area contributed by atoms with E-state index in [2.05, 4.69) is 4.98 Å². The standard InChI is InChI=1S/C12H13FN2O2/c13-9-3-1-8(2-4-9)12-15-10(7-17-12)11(16)5-6-14/h1-4,7,11,16H,5-6,14H2. The fraction of sp³-hybridized carbons (Fsp3) is 0.250. The fourth-order valence-electron chi connectivity index (χ4n) is 1.47. The molecule has 0 bridgehead atoms. The number of aromatic nitrogens is 1. The quantitative estimate of drug-likeness (QED) is 0.849. The second-order valence-electron chi connectivity index (χ2n) is 3.68. The van der Waals surface area contributed by atoms with E-state index in [4.69, 9.17) is 10.2 Å². The molecule has 0 saturated heterocycles. The van der Waals surface area contributed by atoms with Gasteiger partial charge in [-0.25, -0.2) is 9.37 Å². The van der Waals surface area contributed by atoms with Crippen LogP contribution in [0, 0.1) is 5.82 Å². The molecule has 2 rings (SSSR count). The summed E-state index contributed by atoms with van der Waals surface area (Å²) >= 11 is 0. The van der Waals surface area contributed by atoms with Crippen LogP contribution in [0.15, 0.2) is 34.9 Å². The van der Waals surface area contributed by atoms with Crippen LogP contribution in [0.2, 0.25) is 0 Å². The highest BCUT2D eigenvalue weighted by Gasteiger charge is 2.13. The Labute approximate surface area is 97.9 Å². The minimum atomic E-state index is -0.724. The van der Waals surface area contributed by atoms with Crippen LogP contribution in [0.3, 0.4) is 0 Å². The van der Waals surface area contributed by atoms with Gasteiger partial charge in [-0.1, -0.05) is 0 Å². The van der Waals surface area contributed by atoms with Crippen molar-refractivity contribution in [1.82, 2.24) is 4.98 Å². The molecule has 0 spiro atoms. The van der Waals surface area contributed by atoms with Crippen LogP contribution in [0.25, 0.3) is 11.5 Å². The molecule has 1 atom stereocenters. The topological polar surface area (TPSA) is 72.3 Å². The highest BCUT2D eigenvalue weighted by Crippen LogP contribution is 2.22. The van der Waals surface area contributed by atoms with Crippen molar-refractivity contribution >= 4 is 0 Å². The van der Waals surface area contributed by atoms with Gasteiger partial charge in [-0.05, 0) is 37.2 Å². The Morgan fingerprint density at radius 2 is 2.06 bits per heavy atom. The van der Waals surface area contributed by atoms with Crippen LogP contribution in [0.4, 0.5) is 4.39 Å². The van der Waals surface area contributed by atoms with Gasteiger partial charge in [-0.15, -0.1) is 0 Å². The van der Waals surface area contributed by atoms with E-state index >= 15 is 0 Å². The maximum absolute atomic E-state index is 12.7. The summed E-state index contributed by atoms with van der Waals surface area (Å²) < 4.78 is 18.0. The highest BCUT2D eigenvalue weighted by molar-refractivity contribution is 5.52. The first kappa shape index (κ1) is 11.8. The van der Waals surface area contributed by atoms with Crippen LogP contribution in [-0.4, -0.2) is 16.6 Å². The Hall–Kier alpha value is -1.72. The van der Waals surface area contributed by atoms with Crippen molar-refractivity contribution in [3.8, 4) is 11.5 Å². The van der Waals surface area contributed by atoms with Crippen molar-refractivity contribution in [2.75, 3.05) is 6.54 Å². The summed E-state index contributed by atoms with van der Waals surface area (Å²) in [4.78, 5) is 4.13. The van der Waals surface area contributed by atoms with Gasteiger partial charge in [0.1, 0.15) is 23.9 Å². The summed E-state index contributed by atoms with van der Waals surface area (Å²) in [6.07, 6.45) is 1.09. The first-order valence-electron chi connectivity index (χ1n) is 5.30. The van der Waals surface area contributed by atoms with Gasteiger partial charge in [-0.3, -0.25) is 0 Å². The summed E-state index contributed by atoms with van der Waals surface area (Å²) in [5.41, 5.74) is 6.45. The summed E-state index contributed by atoms with van der Waals surface area (Å²) in [5.74, 6) is 0.0415. The van der Waals surface area contributed by atoms with Crippen LogP contribution >= 0.6 is 0 Å². The van der Waals surface area contributed by atoms with E-state index in [1.807, 2.05) is 0 Å². The molecule has 0 amide bonds. The van der Waals surface area contributed by atoms with E-state index in [0.29, 0.717) is 30.1 Å². The van der Waals surface area contributed by atoms with E-state index in [1.54, 1.807) is 12.1 Å². The Morgan fingerprint density at radius 1 is 1.35 bits per heavy atom. The molecule has 0 fully saturated rings. The van der Waals surface area contributed by atoms with Gasteiger partial charge in [0.15, 0.2) is 0 Å². The first-order valence-corrected chi connectivity index (χ1v) is 5.30. The molecule has 90 valence electrons. The molecule has 5 heteroatoms. The van der Waals surface area contributed by atoms with Crippen LogP contribution in [0.1, 0.15) is 18.2 Å². The number of hydrogen-bond donors (Lipinski definition) is 2. The number of nitrogens with zero attached hydrogens (tertiary/aromatic N) is 1. The summed E-state index contributed by atoms with van der Waals surface area (Å²) in [6, 6.07) is 5.80. The van der Waals surface area contributed by atoms with Gasteiger partial charge in [0.25, 0.3) is 0 Å². The number of rotatable bonds is 4. The van der Waals surface area contributed by atoms with Gasteiger partial charge in [0.2, 0.25) is 5.89 Å². The van der Waals surface area contributed by atoms with Gasteiger partial charge < -0.3 is 15.3 Å². The van der Waals surface area contributed by atoms with Crippen LogP contribution in [0.5, 0.6) is 0 Å². The molecule has 3 N–H and O–H groups in total. The van der Waals surface area contributed by atoms with Crippen molar-refractivity contribution < 1.29 is 13.9 Å². The molecule has 1 unspecified atom stereocenters. The van der Waals surface area contributed by atoms with Gasteiger partial charge in [-0.2, -0.15) is 0 Å². The Morgan fingerprint density at radius 3 is 2.71 bits per heavy atom. The van der Waals surface area contributed by atoms with E-state index in [1.165, 1.54) is 18.4 Å². The zero-order chi connectivity index (χ0) is 12.3. The van der Waals surface area contributed by atoms with E-state index in [-0.39, 0.29) is 5.82 Å². The predicted molar refractivity (Wildman–Crippen MR) is 60.5 cm³/mol. The summed E-state index contributed by atoms with van der Waals surface area (Å²) in [6.45, 7) is 0.375. The van der Waals surface area contributed by atoms with E-state index in [0.717, 1.165) is 0 Å². The molecule has 0 aliphatic carbocycles. The SMILES string of the molecule is NCCC(O)c1coc(-c2ccc(F)cc2)n1. The maximum Gasteiger partial charge on any atom is 0.226 e. The summed E-state index contributed by atoms with van der Waals surface area (Å²) in [5, 5.41) is 9.66. The van der Waals surface area contributed by atoms with Crippen molar-refractivity contribution in [2.45, 2.75) is 12.5 Å². The molecule has 17 heavy (non-hydrogen) atoms. The normalized spacial score (nSPS) is 12.6. The van der Waals surface area contributed by atoms with E-state index < -0.39 is 6.10 Å². The Balaban J connectivity index is 2.20. The fourth-order valence-corrected chi connectivity index (χ4v) is 1.47. The summed E-state index contributed by atoms with van der Waals surface area (Å²) in [7, 11) is 0. The molecule has 1 aromatic carbocycles. The second kappa shape index (κ2) is 5.07. The molecule has 0 aliphatic heterocycles. The zero-order valence-corrected chi connectivity index (χ0v) is 9.14. The van der Waals surface area contributed by atoms with Crippen LogP contribution in [-0.2, 0) is 0 Å². The smallest absolute Gasteiger partial charge is 0.226 e. The molecule has 4 nitrogen and oxygen atoms in total. The van der Waals surface area contributed by atoms with Gasteiger partial charge >= 0.3 is 0 Å². The minimum absolute atomic E-state index is 0.316. The predicted octanol–water partition coefficient (Wildman–Crippen LogP) is 1.86. The Kier molecular flexibility index (Phi) is 3.51. The number of benzene rings is 1. The Bertz CT molecular complexity index is 482. The molecule has 1 aromatic heterocycles. The average Bonchev–Trinajstić information content (AvgIpc) is 2.80. The molecular weight excluding hydrogens is 223 g/mol. The van der Waals surface area contributed by atoms with Crippen molar-refractivity contribution in [1.29, 1.82) is 0 Å². The number of aliphatic hydroxyl groups is 1. The van der Waals surface area contributed by atoms with Crippen molar-refractivity contribution in [2.24, 2.45) is 5.73 Å². The third-order valence-electron chi connectivity index (χ3n) is 2.39. The lowest BCUT2D eigenvalue weighted by atomic mass is 10.2. The second-order valence-corrected chi connectivity index (χ2v) is 3.68. The molecule has 0 aliphatic rings. The number of oxazole rings is 1. The zero-order valence-electron chi connectivity index (χ0n) is 9.14. The molecule has 0 saturated carbocycles. The molecule has 0 radical (unpaired) electrons. The molecule has 2 aromatic rings. The number of halogens is 1. The third kappa shape index (κ3) is 2.69. The van der Waals surface area contributed by atoms with E-state index in [9.17, 15) is 9.50 Å². The third-order valence-corrected chi connectivity index (χ3v) is 2.39. The highest BCUT2D eigenvalue weighted by atomic mass is 19.1. The largest absolute Gasteiger partial charge is 0.444 e. The number of hydrogen-bond acceptors (Lipinski definition) is 4. The molecule has 1 heterocycles. The first-order chi connectivity index (χ1) is 8.20. The van der Waals surface area contributed by atoms with Crippen molar-refractivity contribution in [3.05, 3.63) is 42.0 Å². The minimum Gasteiger partial charge on any atom is -0.444 e. The average molecular weight is 236 g/mol. The lowest BCUT2D eigenvalue weighted by molar-refractivity contribution is 0.165. The van der Waals surface area contributed by atoms with Gasteiger partial charge in [0.05, 0.1) is 0 Å². The lowest BCUT2D eigenvalue weighted by Gasteiger charge is -2.02. The number of nitrogens with two attached hydrogens (primary N) is 1. The maximum atomic E-state index is 12.7.